The van der Waals surface area contributed by atoms with Crippen LogP contribution in [0.25, 0.3) is 6.08 Å². The van der Waals surface area contributed by atoms with E-state index in [4.69, 9.17) is 44.3 Å². The van der Waals surface area contributed by atoms with E-state index in [1.54, 1.807) is 26.0 Å². The molecule has 3 aromatic rings. The number of carbonyl (C=O) groups excluding carboxylic acids is 1. The molecule has 0 radical (unpaired) electrons. The van der Waals surface area contributed by atoms with Gasteiger partial charge < -0.3 is 9.47 Å². The molecule has 2 heterocycles. The number of allylic oxidation sites excluding steroid dienone is 1. The maximum Gasteiger partial charge on any atom is 0.338 e. The second-order valence-corrected chi connectivity index (χ2v) is 10.5. The van der Waals surface area contributed by atoms with Gasteiger partial charge in [-0.1, -0.05) is 64.3 Å². The van der Waals surface area contributed by atoms with Crippen molar-refractivity contribution in [1.82, 2.24) is 4.57 Å². The molecule has 1 aliphatic heterocycles. The predicted octanol–water partition coefficient (Wildman–Crippen LogP) is 5.55. The van der Waals surface area contributed by atoms with Crippen LogP contribution in [0.3, 0.4) is 0 Å². The zero-order valence-electron chi connectivity index (χ0n) is 20.0. The number of para-hydroxylation sites is 1. The van der Waals surface area contributed by atoms with Crippen LogP contribution in [0.2, 0.25) is 15.1 Å². The molecule has 1 aliphatic rings. The molecule has 1 atom stereocenters. The molecule has 0 spiro atoms. The van der Waals surface area contributed by atoms with Gasteiger partial charge in [0.1, 0.15) is 11.8 Å². The molecule has 2 aromatic carbocycles. The molecule has 0 unspecified atom stereocenters. The Hall–Kier alpha value is -2.58. The fourth-order valence-corrected chi connectivity index (χ4v) is 5.69. The van der Waals surface area contributed by atoms with Gasteiger partial charge in [0.05, 0.1) is 38.6 Å². The van der Waals surface area contributed by atoms with Crippen molar-refractivity contribution in [1.29, 1.82) is 0 Å². The Kier molecular flexibility index (Phi) is 7.95. The molecule has 0 saturated carbocycles. The number of esters is 1. The van der Waals surface area contributed by atoms with Gasteiger partial charge in [-0.2, -0.15) is 0 Å². The van der Waals surface area contributed by atoms with Crippen molar-refractivity contribution in [3.8, 4) is 5.75 Å². The molecule has 0 amide bonds. The molecule has 36 heavy (non-hydrogen) atoms. The van der Waals surface area contributed by atoms with E-state index in [0.717, 1.165) is 0 Å². The van der Waals surface area contributed by atoms with Crippen molar-refractivity contribution < 1.29 is 14.3 Å². The lowest BCUT2D eigenvalue weighted by atomic mass is 9.95. The topological polar surface area (TPSA) is 69.9 Å². The van der Waals surface area contributed by atoms with Gasteiger partial charge in [-0.15, -0.1) is 0 Å². The fourth-order valence-electron chi connectivity index (χ4n) is 3.98. The highest BCUT2D eigenvalue weighted by Crippen LogP contribution is 2.36. The quantitative estimate of drug-likeness (QED) is 0.290. The number of aromatic nitrogens is 1. The third kappa shape index (κ3) is 5.11. The van der Waals surface area contributed by atoms with Crippen molar-refractivity contribution in [2.45, 2.75) is 39.8 Å². The van der Waals surface area contributed by atoms with E-state index in [-0.39, 0.29) is 33.9 Å². The standard InChI is InChI=1S/C26H23Cl3N2O4S/c1-5-34-25(33)21-14(4)30-26-31(23(21)17-8-6-7-9-19(17)35-13(2)3)24(32)20(36-26)11-15-10-16(27)12-18(28)22(15)29/h6-13,23H,5H2,1-4H3/b20-11+/t23-/m1/s1. The summed E-state index contributed by atoms with van der Waals surface area (Å²) in [6, 6.07) is 9.70. The summed E-state index contributed by atoms with van der Waals surface area (Å²) in [6.45, 7) is 7.47. The van der Waals surface area contributed by atoms with Crippen LogP contribution in [0.15, 0.2) is 57.5 Å². The highest BCUT2D eigenvalue weighted by molar-refractivity contribution is 7.07. The first-order chi connectivity index (χ1) is 17.1. The minimum Gasteiger partial charge on any atom is -0.491 e. The summed E-state index contributed by atoms with van der Waals surface area (Å²) in [5, 5.41) is 0.949. The minimum atomic E-state index is -0.796. The third-order valence-corrected chi connectivity index (χ3v) is 7.42. The van der Waals surface area contributed by atoms with Gasteiger partial charge in [-0.05, 0) is 57.5 Å². The Morgan fingerprint density at radius 3 is 2.64 bits per heavy atom. The molecule has 4 rings (SSSR count). The van der Waals surface area contributed by atoms with E-state index in [2.05, 4.69) is 4.99 Å². The predicted molar refractivity (Wildman–Crippen MR) is 144 cm³/mol. The first-order valence-electron chi connectivity index (χ1n) is 11.2. The lowest BCUT2D eigenvalue weighted by Crippen LogP contribution is -2.40. The van der Waals surface area contributed by atoms with E-state index in [1.165, 1.54) is 22.0 Å². The zero-order chi connectivity index (χ0) is 26.1. The van der Waals surface area contributed by atoms with E-state index in [1.807, 2.05) is 38.1 Å². The van der Waals surface area contributed by atoms with Crippen molar-refractivity contribution >= 4 is 58.2 Å². The van der Waals surface area contributed by atoms with Crippen molar-refractivity contribution in [2.75, 3.05) is 6.61 Å². The summed E-state index contributed by atoms with van der Waals surface area (Å²) in [6.07, 6.45) is 1.51. The number of hydrogen-bond acceptors (Lipinski definition) is 6. The van der Waals surface area contributed by atoms with Gasteiger partial charge in [0.2, 0.25) is 0 Å². The number of hydrogen-bond donors (Lipinski definition) is 0. The van der Waals surface area contributed by atoms with Gasteiger partial charge in [0.25, 0.3) is 5.56 Å². The number of halogens is 3. The van der Waals surface area contributed by atoms with Crippen LogP contribution in [0.5, 0.6) is 5.75 Å². The molecule has 0 saturated heterocycles. The SMILES string of the molecule is CCOC(=O)C1=C(C)N=c2s/c(=C/c3cc(Cl)cc(Cl)c3Cl)c(=O)n2[C@@H]1c1ccccc1OC(C)C. The highest BCUT2D eigenvalue weighted by Gasteiger charge is 2.35. The lowest BCUT2D eigenvalue weighted by molar-refractivity contribution is -0.139. The molecule has 1 aromatic heterocycles. The van der Waals surface area contributed by atoms with Crippen LogP contribution >= 0.6 is 46.1 Å². The Labute approximate surface area is 227 Å². The summed E-state index contributed by atoms with van der Waals surface area (Å²) >= 11 is 19.9. The summed E-state index contributed by atoms with van der Waals surface area (Å²) in [5.74, 6) is 0.0234. The Balaban J connectivity index is 2.01. The average Bonchev–Trinajstić information content (AvgIpc) is 3.11. The highest BCUT2D eigenvalue weighted by atomic mass is 35.5. The summed E-state index contributed by atoms with van der Waals surface area (Å²) in [4.78, 5) is 32.0. The van der Waals surface area contributed by atoms with E-state index in [9.17, 15) is 9.59 Å². The van der Waals surface area contributed by atoms with Crippen molar-refractivity contribution in [3.63, 3.8) is 0 Å². The fraction of sp³-hybridized carbons (Fsp3) is 0.269. The van der Waals surface area contributed by atoms with Gasteiger partial charge >= 0.3 is 5.97 Å². The van der Waals surface area contributed by atoms with E-state index >= 15 is 0 Å². The van der Waals surface area contributed by atoms with Crippen molar-refractivity contribution in [2.24, 2.45) is 4.99 Å². The van der Waals surface area contributed by atoms with E-state index < -0.39 is 12.0 Å². The van der Waals surface area contributed by atoms with E-state index in [0.29, 0.717) is 36.9 Å². The number of benzene rings is 2. The molecule has 6 nitrogen and oxygen atoms in total. The number of ether oxygens (including phenoxy) is 2. The molecule has 10 heteroatoms. The number of fused-ring (bicyclic) bond motifs is 1. The molecule has 0 bridgehead atoms. The summed E-state index contributed by atoms with van der Waals surface area (Å²) in [5.41, 5.74) is 1.55. The largest absolute Gasteiger partial charge is 0.491 e. The number of nitrogens with zero attached hydrogens (tertiary/aromatic N) is 2. The monoisotopic (exact) mass is 564 g/mol. The number of carbonyl (C=O) groups is 1. The zero-order valence-corrected chi connectivity index (χ0v) is 23.1. The van der Waals surface area contributed by atoms with Gasteiger partial charge in [-0.25, -0.2) is 9.79 Å². The summed E-state index contributed by atoms with van der Waals surface area (Å²) in [7, 11) is 0. The van der Waals surface area contributed by atoms with Crippen LogP contribution in [-0.2, 0) is 9.53 Å². The molecule has 0 N–H and O–H groups in total. The Morgan fingerprint density at radius 1 is 1.22 bits per heavy atom. The first-order valence-corrected chi connectivity index (χ1v) is 13.2. The second kappa shape index (κ2) is 10.8. The smallest absolute Gasteiger partial charge is 0.338 e. The molecule has 188 valence electrons. The maximum absolute atomic E-state index is 13.8. The van der Waals surface area contributed by atoms with Crippen LogP contribution in [0, 0.1) is 0 Å². The normalized spacial score (nSPS) is 15.7. The van der Waals surface area contributed by atoms with Crippen molar-refractivity contribution in [3.05, 3.63) is 93.6 Å². The van der Waals surface area contributed by atoms with Gasteiger partial charge in [0, 0.05) is 10.6 Å². The van der Waals surface area contributed by atoms with Crippen LogP contribution < -0.4 is 19.6 Å². The number of thiazole rings is 1. The average molecular weight is 566 g/mol. The number of rotatable bonds is 6. The Morgan fingerprint density at radius 2 is 1.94 bits per heavy atom. The second-order valence-electron chi connectivity index (χ2n) is 8.30. The minimum absolute atomic E-state index is 0.118. The first kappa shape index (κ1) is 26.5. The Bertz CT molecular complexity index is 1560. The molecular formula is C26H23Cl3N2O4S. The van der Waals surface area contributed by atoms with Crippen LogP contribution in [0.4, 0.5) is 0 Å². The molecule has 0 aliphatic carbocycles. The molecular weight excluding hydrogens is 543 g/mol. The maximum atomic E-state index is 13.8. The van der Waals surface area contributed by atoms with Gasteiger partial charge in [0.15, 0.2) is 4.80 Å². The lowest BCUT2D eigenvalue weighted by Gasteiger charge is -2.26. The summed E-state index contributed by atoms with van der Waals surface area (Å²) < 4.78 is 13.3. The van der Waals surface area contributed by atoms with Gasteiger partial charge in [-0.3, -0.25) is 9.36 Å². The van der Waals surface area contributed by atoms with Crippen LogP contribution in [0.1, 0.15) is 44.9 Å². The van der Waals surface area contributed by atoms with Crippen LogP contribution in [-0.4, -0.2) is 23.2 Å². The third-order valence-electron chi connectivity index (χ3n) is 5.40. The molecule has 0 fully saturated rings.